The maximum atomic E-state index is 12.4. The molecule has 0 saturated heterocycles. The normalized spacial score (nSPS) is 11.5. The number of ether oxygens (including phenoxy) is 1. The average Bonchev–Trinajstić information content (AvgIpc) is 2.56. The van der Waals surface area contributed by atoms with E-state index in [-0.39, 0.29) is 10.6 Å². The van der Waals surface area contributed by atoms with E-state index in [1.165, 1.54) is 19.2 Å². The van der Waals surface area contributed by atoms with Gasteiger partial charge in [-0.2, -0.15) is 11.8 Å². The zero-order chi connectivity index (χ0) is 17.6. The Kier molecular flexibility index (Phi) is 7.25. The first-order valence-corrected chi connectivity index (χ1v) is 10.5. The molecule has 0 bridgehead atoms. The molecule has 0 aliphatic heterocycles. The van der Waals surface area contributed by atoms with Crippen LogP contribution in [0.5, 0.6) is 5.75 Å². The van der Waals surface area contributed by atoms with Crippen molar-refractivity contribution in [3.8, 4) is 5.75 Å². The standard InChI is InChI=1S/C16H17Cl2NO3S2/c1-22-15-7-6-13(17)10-16(15)24(20,21)19-8-9-23-11-12-4-2-3-5-14(12)18/h2-7,10,19H,8-9,11H2,1H3. The zero-order valence-electron chi connectivity index (χ0n) is 13.0. The summed E-state index contributed by atoms with van der Waals surface area (Å²) < 4.78 is 32.4. The summed E-state index contributed by atoms with van der Waals surface area (Å²) in [4.78, 5) is 0.0357. The van der Waals surface area contributed by atoms with Crippen LogP contribution in [0.4, 0.5) is 0 Å². The lowest BCUT2D eigenvalue weighted by molar-refractivity contribution is 0.402. The SMILES string of the molecule is COc1ccc(Cl)cc1S(=O)(=O)NCCSCc1ccccc1Cl. The average molecular weight is 406 g/mol. The van der Waals surface area contributed by atoms with Crippen LogP contribution in [0, 0.1) is 0 Å². The molecule has 2 aromatic rings. The summed E-state index contributed by atoms with van der Waals surface area (Å²) >= 11 is 13.6. The second-order valence-electron chi connectivity index (χ2n) is 4.84. The molecule has 1 N–H and O–H groups in total. The largest absolute Gasteiger partial charge is 0.495 e. The van der Waals surface area contributed by atoms with Crippen LogP contribution in [-0.4, -0.2) is 27.8 Å². The first kappa shape index (κ1) is 19.4. The molecule has 24 heavy (non-hydrogen) atoms. The lowest BCUT2D eigenvalue weighted by Crippen LogP contribution is -2.26. The summed E-state index contributed by atoms with van der Waals surface area (Å²) in [5.74, 6) is 1.60. The summed E-state index contributed by atoms with van der Waals surface area (Å²) in [6.07, 6.45) is 0. The molecule has 4 nitrogen and oxygen atoms in total. The van der Waals surface area contributed by atoms with E-state index < -0.39 is 10.0 Å². The summed E-state index contributed by atoms with van der Waals surface area (Å²) in [5, 5.41) is 1.05. The van der Waals surface area contributed by atoms with Crippen molar-refractivity contribution >= 4 is 45.0 Å². The molecule has 0 spiro atoms. The fraction of sp³-hybridized carbons (Fsp3) is 0.250. The highest BCUT2D eigenvalue weighted by atomic mass is 35.5. The Morgan fingerprint density at radius 2 is 1.92 bits per heavy atom. The molecule has 0 aliphatic carbocycles. The number of nitrogens with one attached hydrogen (secondary N) is 1. The van der Waals surface area contributed by atoms with E-state index in [0.717, 1.165) is 11.3 Å². The molecule has 0 unspecified atom stereocenters. The van der Waals surface area contributed by atoms with Crippen molar-refractivity contribution in [1.29, 1.82) is 0 Å². The van der Waals surface area contributed by atoms with Crippen molar-refractivity contribution in [1.82, 2.24) is 4.72 Å². The highest BCUT2D eigenvalue weighted by Crippen LogP contribution is 2.27. The Hall–Kier alpha value is -0.920. The number of hydrogen-bond donors (Lipinski definition) is 1. The van der Waals surface area contributed by atoms with Gasteiger partial charge >= 0.3 is 0 Å². The van der Waals surface area contributed by atoms with E-state index in [1.807, 2.05) is 24.3 Å². The van der Waals surface area contributed by atoms with Gasteiger partial charge in [-0.05, 0) is 29.8 Å². The van der Waals surface area contributed by atoms with Gasteiger partial charge in [0.2, 0.25) is 10.0 Å². The quantitative estimate of drug-likeness (QED) is 0.668. The monoisotopic (exact) mass is 405 g/mol. The second-order valence-corrected chi connectivity index (χ2v) is 8.52. The Labute approximate surface area is 156 Å². The minimum Gasteiger partial charge on any atom is -0.495 e. The number of thioether (sulfide) groups is 1. The Balaban J connectivity index is 1.90. The molecule has 0 radical (unpaired) electrons. The topological polar surface area (TPSA) is 55.4 Å². The lowest BCUT2D eigenvalue weighted by Gasteiger charge is -2.11. The van der Waals surface area contributed by atoms with Crippen LogP contribution in [0.1, 0.15) is 5.56 Å². The van der Waals surface area contributed by atoms with Crippen LogP contribution in [-0.2, 0) is 15.8 Å². The highest BCUT2D eigenvalue weighted by molar-refractivity contribution is 7.98. The molecule has 2 rings (SSSR count). The molecule has 130 valence electrons. The zero-order valence-corrected chi connectivity index (χ0v) is 16.1. The fourth-order valence-corrected chi connectivity index (χ4v) is 4.72. The third-order valence-corrected chi connectivity index (χ3v) is 6.26. The van der Waals surface area contributed by atoms with Gasteiger partial charge in [-0.3, -0.25) is 0 Å². The third kappa shape index (κ3) is 5.29. The molecule has 2 aromatic carbocycles. The van der Waals surface area contributed by atoms with Crippen LogP contribution >= 0.6 is 35.0 Å². The molecule has 0 aromatic heterocycles. The van der Waals surface area contributed by atoms with Crippen molar-refractivity contribution < 1.29 is 13.2 Å². The molecule has 0 heterocycles. The first-order valence-electron chi connectivity index (χ1n) is 7.08. The summed E-state index contributed by atoms with van der Waals surface area (Å²) in [6.45, 7) is 0.299. The van der Waals surface area contributed by atoms with Crippen LogP contribution in [0.15, 0.2) is 47.4 Å². The fourth-order valence-electron chi connectivity index (χ4n) is 1.98. The number of sulfonamides is 1. The van der Waals surface area contributed by atoms with Crippen LogP contribution in [0.2, 0.25) is 10.0 Å². The molecule has 0 atom stereocenters. The van der Waals surface area contributed by atoms with Gasteiger partial charge in [0.25, 0.3) is 0 Å². The maximum Gasteiger partial charge on any atom is 0.244 e. The minimum absolute atomic E-state index is 0.0357. The van der Waals surface area contributed by atoms with E-state index in [0.29, 0.717) is 22.3 Å². The van der Waals surface area contributed by atoms with Gasteiger partial charge in [0.1, 0.15) is 10.6 Å². The molecule has 0 amide bonds. The number of halogens is 2. The first-order chi connectivity index (χ1) is 11.4. The molecular weight excluding hydrogens is 389 g/mol. The van der Waals surface area contributed by atoms with Gasteiger partial charge in [0.15, 0.2) is 0 Å². The van der Waals surface area contributed by atoms with E-state index in [2.05, 4.69) is 4.72 Å². The second kappa shape index (κ2) is 8.97. The van der Waals surface area contributed by atoms with Gasteiger partial charge in [0, 0.05) is 28.1 Å². The predicted octanol–water partition coefficient (Wildman–Crippen LogP) is 4.21. The summed E-state index contributed by atoms with van der Waals surface area (Å²) in [6, 6.07) is 12.1. The smallest absolute Gasteiger partial charge is 0.244 e. The Morgan fingerprint density at radius 1 is 1.17 bits per heavy atom. The van der Waals surface area contributed by atoms with Crippen molar-refractivity contribution in [3.05, 3.63) is 58.1 Å². The van der Waals surface area contributed by atoms with Crippen LogP contribution in [0.3, 0.4) is 0 Å². The van der Waals surface area contributed by atoms with E-state index in [4.69, 9.17) is 27.9 Å². The van der Waals surface area contributed by atoms with Gasteiger partial charge in [-0.1, -0.05) is 41.4 Å². The van der Waals surface area contributed by atoms with Crippen molar-refractivity contribution in [2.24, 2.45) is 0 Å². The summed E-state index contributed by atoms with van der Waals surface area (Å²) in [5.41, 5.74) is 1.03. The molecule has 8 heteroatoms. The summed E-state index contributed by atoms with van der Waals surface area (Å²) in [7, 11) is -2.26. The van der Waals surface area contributed by atoms with Gasteiger partial charge in [0.05, 0.1) is 7.11 Å². The number of benzene rings is 2. The van der Waals surface area contributed by atoms with E-state index in [9.17, 15) is 8.42 Å². The molecule has 0 saturated carbocycles. The maximum absolute atomic E-state index is 12.4. The van der Waals surface area contributed by atoms with Crippen molar-refractivity contribution in [2.75, 3.05) is 19.4 Å². The number of hydrogen-bond acceptors (Lipinski definition) is 4. The molecule has 0 aliphatic rings. The molecule has 0 fully saturated rings. The van der Waals surface area contributed by atoms with E-state index in [1.54, 1.807) is 17.8 Å². The van der Waals surface area contributed by atoms with Gasteiger partial charge < -0.3 is 4.74 Å². The van der Waals surface area contributed by atoms with Crippen molar-refractivity contribution in [3.63, 3.8) is 0 Å². The van der Waals surface area contributed by atoms with Crippen molar-refractivity contribution in [2.45, 2.75) is 10.6 Å². The Morgan fingerprint density at radius 3 is 2.62 bits per heavy atom. The number of methoxy groups -OCH3 is 1. The highest BCUT2D eigenvalue weighted by Gasteiger charge is 2.19. The van der Waals surface area contributed by atoms with Gasteiger partial charge in [-0.25, -0.2) is 13.1 Å². The lowest BCUT2D eigenvalue weighted by atomic mass is 10.2. The predicted molar refractivity (Wildman–Crippen MR) is 101 cm³/mol. The molecular formula is C16H17Cl2NO3S2. The third-order valence-electron chi connectivity index (χ3n) is 3.17. The van der Waals surface area contributed by atoms with Gasteiger partial charge in [-0.15, -0.1) is 0 Å². The van der Waals surface area contributed by atoms with E-state index >= 15 is 0 Å². The number of rotatable bonds is 8. The van der Waals surface area contributed by atoms with Crippen LogP contribution in [0.25, 0.3) is 0 Å². The van der Waals surface area contributed by atoms with Crippen LogP contribution < -0.4 is 9.46 Å². The minimum atomic E-state index is -3.68. The Bertz CT molecular complexity index is 798.